The molecule has 0 aromatic rings. The molecular weight excluding hydrogens is 248 g/mol. The van der Waals surface area contributed by atoms with Crippen LogP contribution in [-0.4, -0.2) is 49.8 Å². The van der Waals surface area contributed by atoms with Crippen molar-refractivity contribution in [2.75, 3.05) is 27.2 Å². The molecule has 0 amide bonds. The van der Waals surface area contributed by atoms with E-state index in [1.165, 1.54) is 0 Å². The summed E-state index contributed by atoms with van der Waals surface area (Å²) in [5, 5.41) is 3.79. The first-order valence-corrected chi connectivity index (χ1v) is 7.91. The maximum absolute atomic E-state index is 6.68. The molecule has 3 atom stereocenters. The second-order valence-corrected chi connectivity index (χ2v) is 9.15. The molecule has 2 aliphatic rings. The number of nitrogens with zero attached hydrogens (tertiary/aromatic N) is 1. The molecular formula is C17H34N2O. The van der Waals surface area contributed by atoms with Gasteiger partial charge in [0.2, 0.25) is 0 Å². The number of hydrogen-bond donors (Lipinski definition) is 1. The van der Waals surface area contributed by atoms with Crippen LogP contribution in [0.3, 0.4) is 0 Å². The number of ether oxygens (including phenoxy) is 1. The molecule has 3 heteroatoms. The molecule has 0 bridgehead atoms. The quantitative estimate of drug-likeness (QED) is 0.843. The maximum atomic E-state index is 6.68. The van der Waals surface area contributed by atoms with E-state index in [0.717, 1.165) is 13.1 Å². The standard InChI is InChI=1S/C17H34N2O/c1-14(2)12-13(20-16(5,6)15(14,3)4)17(7,10-18-12)11-19(8)9/h12-13,18H,10-11H2,1-9H3. The number of fused-ring (bicyclic) bond motifs is 1. The summed E-state index contributed by atoms with van der Waals surface area (Å²) in [6.07, 6.45) is 0.280. The molecule has 2 heterocycles. The van der Waals surface area contributed by atoms with E-state index in [1.807, 2.05) is 0 Å². The van der Waals surface area contributed by atoms with Crippen molar-refractivity contribution in [3.63, 3.8) is 0 Å². The van der Waals surface area contributed by atoms with Crippen molar-refractivity contribution in [1.29, 1.82) is 0 Å². The fraction of sp³-hybridized carbons (Fsp3) is 1.00. The Labute approximate surface area is 125 Å². The average Bonchev–Trinajstić information content (AvgIpc) is 2.53. The van der Waals surface area contributed by atoms with Crippen LogP contribution in [0.4, 0.5) is 0 Å². The lowest BCUT2D eigenvalue weighted by Crippen LogP contribution is -2.67. The van der Waals surface area contributed by atoms with Crippen molar-refractivity contribution in [1.82, 2.24) is 10.2 Å². The van der Waals surface area contributed by atoms with E-state index in [1.54, 1.807) is 0 Å². The lowest BCUT2D eigenvalue weighted by Gasteiger charge is -2.61. The molecule has 0 saturated carbocycles. The molecule has 3 unspecified atom stereocenters. The molecule has 20 heavy (non-hydrogen) atoms. The van der Waals surface area contributed by atoms with E-state index in [9.17, 15) is 0 Å². The van der Waals surface area contributed by atoms with E-state index >= 15 is 0 Å². The van der Waals surface area contributed by atoms with Gasteiger partial charge in [0.1, 0.15) is 0 Å². The summed E-state index contributed by atoms with van der Waals surface area (Å²) in [6, 6.07) is 0.426. The molecule has 0 radical (unpaired) electrons. The summed E-state index contributed by atoms with van der Waals surface area (Å²) in [5.41, 5.74) is 0.386. The fourth-order valence-corrected chi connectivity index (χ4v) is 4.29. The topological polar surface area (TPSA) is 24.5 Å². The summed E-state index contributed by atoms with van der Waals surface area (Å²) < 4.78 is 6.68. The van der Waals surface area contributed by atoms with Crippen LogP contribution in [0.1, 0.15) is 48.5 Å². The van der Waals surface area contributed by atoms with Gasteiger partial charge in [-0.3, -0.25) is 0 Å². The van der Waals surface area contributed by atoms with E-state index in [-0.39, 0.29) is 27.9 Å². The summed E-state index contributed by atoms with van der Waals surface area (Å²) in [5.74, 6) is 0. The van der Waals surface area contributed by atoms with Gasteiger partial charge in [-0.25, -0.2) is 0 Å². The van der Waals surface area contributed by atoms with Crippen molar-refractivity contribution < 1.29 is 4.74 Å². The summed E-state index contributed by atoms with van der Waals surface area (Å²) in [7, 11) is 4.31. The van der Waals surface area contributed by atoms with Crippen LogP contribution < -0.4 is 5.32 Å². The Morgan fingerprint density at radius 2 is 1.60 bits per heavy atom. The summed E-state index contributed by atoms with van der Waals surface area (Å²) >= 11 is 0. The van der Waals surface area contributed by atoms with Gasteiger partial charge in [0, 0.05) is 24.5 Å². The second kappa shape index (κ2) is 4.44. The smallest absolute Gasteiger partial charge is 0.0818 e. The molecule has 0 aromatic carbocycles. The highest BCUT2D eigenvalue weighted by Crippen LogP contribution is 2.58. The summed E-state index contributed by atoms with van der Waals surface area (Å²) in [6.45, 7) is 18.5. The molecule has 3 nitrogen and oxygen atoms in total. The molecule has 1 N–H and O–H groups in total. The third kappa shape index (κ3) is 2.05. The van der Waals surface area contributed by atoms with Crippen molar-refractivity contribution in [3.05, 3.63) is 0 Å². The van der Waals surface area contributed by atoms with Crippen molar-refractivity contribution in [3.8, 4) is 0 Å². The van der Waals surface area contributed by atoms with Crippen LogP contribution in [0.2, 0.25) is 0 Å². The second-order valence-electron chi connectivity index (χ2n) is 9.15. The van der Waals surface area contributed by atoms with Gasteiger partial charge in [0.25, 0.3) is 0 Å². The van der Waals surface area contributed by atoms with Gasteiger partial charge >= 0.3 is 0 Å². The van der Waals surface area contributed by atoms with Gasteiger partial charge < -0.3 is 15.0 Å². The minimum atomic E-state index is -0.114. The Morgan fingerprint density at radius 1 is 1.05 bits per heavy atom. The minimum Gasteiger partial charge on any atom is -0.369 e. The highest BCUT2D eigenvalue weighted by Gasteiger charge is 2.64. The first-order valence-electron chi connectivity index (χ1n) is 7.91. The van der Waals surface area contributed by atoms with Crippen LogP contribution in [-0.2, 0) is 4.74 Å². The van der Waals surface area contributed by atoms with Gasteiger partial charge in [0.15, 0.2) is 0 Å². The lowest BCUT2D eigenvalue weighted by molar-refractivity contribution is -0.252. The fourth-order valence-electron chi connectivity index (χ4n) is 4.29. The van der Waals surface area contributed by atoms with Crippen LogP contribution in [0, 0.1) is 16.2 Å². The van der Waals surface area contributed by atoms with Gasteiger partial charge in [-0.15, -0.1) is 0 Å². The SMILES string of the molecule is CN(C)CC1(C)CNC2C1OC(C)(C)C(C)(C)C2(C)C. The van der Waals surface area contributed by atoms with Crippen molar-refractivity contribution >= 4 is 0 Å². The first kappa shape index (κ1) is 16.3. The third-order valence-electron chi connectivity index (χ3n) is 6.71. The molecule has 2 fully saturated rings. The zero-order chi connectivity index (χ0) is 15.6. The van der Waals surface area contributed by atoms with E-state index < -0.39 is 0 Å². The average molecular weight is 282 g/mol. The van der Waals surface area contributed by atoms with Gasteiger partial charge in [-0.2, -0.15) is 0 Å². The largest absolute Gasteiger partial charge is 0.369 e. The van der Waals surface area contributed by atoms with Crippen LogP contribution in [0.25, 0.3) is 0 Å². The monoisotopic (exact) mass is 282 g/mol. The van der Waals surface area contributed by atoms with Crippen LogP contribution in [0.15, 0.2) is 0 Å². The predicted molar refractivity (Wildman–Crippen MR) is 85.0 cm³/mol. The number of nitrogens with one attached hydrogen (secondary N) is 1. The summed E-state index contributed by atoms with van der Waals surface area (Å²) in [4.78, 5) is 2.28. The Bertz CT molecular complexity index is 386. The van der Waals surface area contributed by atoms with Crippen molar-refractivity contribution in [2.45, 2.75) is 66.2 Å². The zero-order valence-electron chi connectivity index (χ0n) is 14.9. The molecule has 2 saturated heterocycles. The number of rotatable bonds is 2. The zero-order valence-corrected chi connectivity index (χ0v) is 14.9. The molecule has 2 aliphatic heterocycles. The predicted octanol–water partition coefficient (Wildman–Crippen LogP) is 2.76. The van der Waals surface area contributed by atoms with E-state index in [4.69, 9.17) is 4.74 Å². The maximum Gasteiger partial charge on any atom is 0.0818 e. The Balaban J connectivity index is 2.39. The van der Waals surface area contributed by atoms with Crippen LogP contribution in [0.5, 0.6) is 0 Å². The first-order chi connectivity index (χ1) is 8.85. The Hall–Kier alpha value is -0.120. The molecule has 0 spiro atoms. The Kier molecular flexibility index (Phi) is 3.61. The lowest BCUT2D eigenvalue weighted by atomic mass is 9.53. The van der Waals surface area contributed by atoms with E-state index in [0.29, 0.717) is 6.04 Å². The molecule has 0 aromatic heterocycles. The molecule has 2 rings (SSSR count). The minimum absolute atomic E-state index is 0.114. The normalized spacial score (nSPS) is 41.7. The molecule has 0 aliphatic carbocycles. The molecule has 118 valence electrons. The third-order valence-corrected chi connectivity index (χ3v) is 6.71. The Morgan fingerprint density at radius 3 is 2.10 bits per heavy atom. The highest BCUT2D eigenvalue weighted by molar-refractivity contribution is 5.16. The van der Waals surface area contributed by atoms with Gasteiger partial charge in [-0.05, 0) is 38.8 Å². The number of hydrogen-bond acceptors (Lipinski definition) is 3. The van der Waals surface area contributed by atoms with Crippen LogP contribution >= 0.6 is 0 Å². The van der Waals surface area contributed by atoms with Crippen molar-refractivity contribution in [2.24, 2.45) is 16.2 Å². The van der Waals surface area contributed by atoms with Gasteiger partial charge in [0.05, 0.1) is 11.7 Å². The van der Waals surface area contributed by atoms with Gasteiger partial charge in [-0.1, -0.05) is 34.6 Å². The highest BCUT2D eigenvalue weighted by atomic mass is 16.5. The van der Waals surface area contributed by atoms with E-state index in [2.05, 4.69) is 72.8 Å².